The van der Waals surface area contributed by atoms with Crippen LogP contribution in [0.4, 0.5) is 4.79 Å². The van der Waals surface area contributed by atoms with Crippen molar-refractivity contribution in [2.24, 2.45) is 0 Å². The van der Waals surface area contributed by atoms with Crippen LogP contribution in [0.2, 0.25) is 0 Å². The summed E-state index contributed by atoms with van der Waals surface area (Å²) in [6.45, 7) is 0.182. The van der Waals surface area contributed by atoms with Gasteiger partial charge in [0, 0.05) is 11.9 Å². The van der Waals surface area contributed by atoms with Crippen LogP contribution in [-0.2, 0) is 11.5 Å². The molecule has 0 spiro atoms. The van der Waals surface area contributed by atoms with Crippen LogP contribution >= 0.6 is 11.8 Å². The van der Waals surface area contributed by atoms with Gasteiger partial charge >= 0.3 is 6.03 Å². The normalized spacial score (nSPS) is 10.0. The van der Waals surface area contributed by atoms with E-state index in [0.717, 1.165) is 10.5 Å². The van der Waals surface area contributed by atoms with Crippen molar-refractivity contribution in [2.75, 3.05) is 12.9 Å². The van der Waals surface area contributed by atoms with Crippen molar-refractivity contribution in [3.8, 4) is 0 Å². The highest BCUT2D eigenvalue weighted by atomic mass is 32.2. The van der Waals surface area contributed by atoms with Crippen molar-refractivity contribution < 1.29 is 14.9 Å². The number of amides is 2. The van der Waals surface area contributed by atoms with E-state index in [2.05, 4.69) is 21.1 Å². The molecule has 1 rings (SSSR count). The lowest BCUT2D eigenvalue weighted by molar-refractivity contribution is -0.253. The number of benzene rings is 1. The van der Waals surface area contributed by atoms with Crippen molar-refractivity contribution in [1.82, 2.24) is 16.2 Å². The Morgan fingerprint density at radius 2 is 2.12 bits per heavy atom. The molecule has 0 aliphatic heterocycles. The van der Waals surface area contributed by atoms with Gasteiger partial charge in [0.25, 0.3) is 0 Å². The second-order valence-electron chi connectivity index (χ2n) is 3.09. The number of thioether (sulfide) groups is 1. The quantitative estimate of drug-likeness (QED) is 0.202. The zero-order valence-electron chi connectivity index (χ0n) is 9.40. The van der Waals surface area contributed by atoms with Gasteiger partial charge < -0.3 is 5.32 Å². The maximum absolute atomic E-state index is 10.8. The summed E-state index contributed by atoms with van der Waals surface area (Å²) in [6.07, 6.45) is 0. The number of rotatable bonds is 6. The summed E-state index contributed by atoms with van der Waals surface area (Å²) in [5, 5.41) is 10.7. The van der Waals surface area contributed by atoms with Crippen LogP contribution in [0.1, 0.15) is 5.56 Å². The first-order valence-corrected chi connectivity index (χ1v) is 5.93. The molecule has 0 aliphatic rings. The van der Waals surface area contributed by atoms with E-state index in [1.54, 1.807) is 18.8 Å². The number of hydrogen-bond donors (Lipinski definition) is 4. The second-order valence-corrected chi connectivity index (χ2v) is 4.14. The lowest BCUT2D eigenvalue weighted by atomic mass is 10.2. The molecule has 1 aromatic rings. The zero-order chi connectivity index (χ0) is 12.5. The lowest BCUT2D eigenvalue weighted by Gasteiger charge is -2.06. The molecule has 7 heteroatoms. The Bertz CT molecular complexity index is 345. The maximum atomic E-state index is 10.8. The fourth-order valence-corrected chi connectivity index (χ4v) is 1.69. The molecule has 0 heterocycles. The van der Waals surface area contributed by atoms with Crippen LogP contribution in [0.5, 0.6) is 0 Å². The zero-order valence-corrected chi connectivity index (χ0v) is 10.2. The van der Waals surface area contributed by atoms with Crippen LogP contribution in [-0.4, -0.2) is 24.2 Å². The third-order valence-corrected chi connectivity index (χ3v) is 2.79. The number of hydrazine groups is 1. The molecule has 17 heavy (non-hydrogen) atoms. The molecule has 0 aromatic heterocycles. The summed E-state index contributed by atoms with van der Waals surface area (Å²) in [4.78, 5) is 15.9. The summed E-state index contributed by atoms with van der Waals surface area (Å²) in [5.74, 6) is 0.559. The van der Waals surface area contributed by atoms with E-state index < -0.39 is 0 Å². The molecule has 0 unspecified atom stereocenters. The van der Waals surface area contributed by atoms with Gasteiger partial charge in [-0.2, -0.15) is 0 Å². The van der Waals surface area contributed by atoms with E-state index in [1.807, 2.05) is 24.3 Å². The molecule has 6 nitrogen and oxygen atoms in total. The molecule has 4 N–H and O–H groups in total. The molecule has 0 fully saturated rings. The fourth-order valence-electron chi connectivity index (χ4n) is 1.05. The minimum absolute atomic E-state index is 0.182. The summed E-state index contributed by atoms with van der Waals surface area (Å²) in [6, 6.07) is 7.29. The van der Waals surface area contributed by atoms with Crippen molar-refractivity contribution in [3.05, 3.63) is 29.8 Å². The minimum atomic E-state index is -0.277. The second kappa shape index (κ2) is 7.91. The van der Waals surface area contributed by atoms with Gasteiger partial charge in [0.15, 0.2) is 0 Å². The molecule has 0 saturated heterocycles. The van der Waals surface area contributed by atoms with Crippen LogP contribution in [0, 0.1) is 0 Å². The largest absolute Gasteiger partial charge is 0.340 e. The van der Waals surface area contributed by atoms with Crippen molar-refractivity contribution in [2.45, 2.75) is 11.5 Å². The number of nitrogens with one attached hydrogen (secondary N) is 3. The Morgan fingerprint density at radius 3 is 2.71 bits per heavy atom. The number of carbonyl (C=O) groups excluding carboxylic acids is 1. The van der Waals surface area contributed by atoms with Gasteiger partial charge in [-0.25, -0.2) is 15.1 Å². The predicted molar refractivity (Wildman–Crippen MR) is 65.3 cm³/mol. The average molecular weight is 257 g/mol. The van der Waals surface area contributed by atoms with Gasteiger partial charge in [0.05, 0.1) is 5.88 Å². The Labute approximate surface area is 104 Å². The van der Waals surface area contributed by atoms with E-state index in [-0.39, 0.29) is 12.6 Å². The molecular formula is C10H15N3O3S. The molecule has 0 saturated carbocycles. The maximum Gasteiger partial charge on any atom is 0.328 e. The minimum Gasteiger partial charge on any atom is -0.340 e. The van der Waals surface area contributed by atoms with Gasteiger partial charge in [0.2, 0.25) is 0 Å². The summed E-state index contributed by atoms with van der Waals surface area (Å²) < 4.78 is 0. The SMILES string of the molecule is CNC(=O)NNCSc1ccc(COO)cc1. The van der Waals surface area contributed by atoms with E-state index in [4.69, 9.17) is 5.26 Å². The molecule has 0 bridgehead atoms. The summed E-state index contributed by atoms with van der Waals surface area (Å²) in [5.41, 5.74) is 6.12. The van der Waals surface area contributed by atoms with Crippen molar-refractivity contribution in [3.63, 3.8) is 0 Å². The third kappa shape index (κ3) is 5.55. The van der Waals surface area contributed by atoms with Crippen LogP contribution < -0.4 is 16.2 Å². The number of urea groups is 1. The average Bonchev–Trinajstić information content (AvgIpc) is 2.36. The number of hydrogen-bond acceptors (Lipinski definition) is 5. The predicted octanol–water partition coefficient (Wildman–Crippen LogP) is 1.16. The van der Waals surface area contributed by atoms with Gasteiger partial charge in [-0.15, -0.1) is 11.8 Å². The molecule has 1 aromatic carbocycles. The smallest absolute Gasteiger partial charge is 0.328 e. The Balaban J connectivity index is 2.25. The highest BCUT2D eigenvalue weighted by molar-refractivity contribution is 7.99. The topological polar surface area (TPSA) is 82.6 Å². The Morgan fingerprint density at radius 1 is 1.41 bits per heavy atom. The summed E-state index contributed by atoms with van der Waals surface area (Å²) >= 11 is 1.54. The first kappa shape index (κ1) is 13.8. The highest BCUT2D eigenvalue weighted by Crippen LogP contribution is 2.17. The van der Waals surface area contributed by atoms with Gasteiger partial charge in [-0.05, 0) is 17.7 Å². The van der Waals surface area contributed by atoms with Gasteiger partial charge in [-0.1, -0.05) is 12.1 Å². The van der Waals surface area contributed by atoms with E-state index in [0.29, 0.717) is 5.88 Å². The van der Waals surface area contributed by atoms with Gasteiger partial charge in [0.1, 0.15) is 6.61 Å². The van der Waals surface area contributed by atoms with E-state index in [9.17, 15) is 4.79 Å². The summed E-state index contributed by atoms with van der Waals surface area (Å²) in [7, 11) is 1.55. The number of carbonyl (C=O) groups is 1. The van der Waals surface area contributed by atoms with E-state index in [1.165, 1.54) is 0 Å². The first-order valence-electron chi connectivity index (χ1n) is 4.95. The lowest BCUT2D eigenvalue weighted by Crippen LogP contribution is -2.42. The van der Waals surface area contributed by atoms with Crippen molar-refractivity contribution >= 4 is 17.8 Å². The van der Waals surface area contributed by atoms with Crippen LogP contribution in [0.3, 0.4) is 0 Å². The van der Waals surface area contributed by atoms with Gasteiger partial charge in [-0.3, -0.25) is 10.7 Å². The molecule has 94 valence electrons. The standard InChI is InChI=1S/C10H15N3O3S/c1-11-10(14)13-12-7-17-9-4-2-8(3-5-9)6-16-15/h2-5,12,15H,6-7H2,1H3,(H2,11,13,14). The van der Waals surface area contributed by atoms with Crippen LogP contribution in [0.25, 0.3) is 0 Å². The van der Waals surface area contributed by atoms with Crippen molar-refractivity contribution in [1.29, 1.82) is 0 Å². The highest BCUT2D eigenvalue weighted by Gasteiger charge is 1.97. The molecule has 0 atom stereocenters. The first-order chi connectivity index (χ1) is 8.26. The Hall–Kier alpha value is -1.28. The van der Waals surface area contributed by atoms with Crippen LogP contribution in [0.15, 0.2) is 29.2 Å². The Kier molecular flexibility index (Phi) is 6.41. The fraction of sp³-hybridized carbons (Fsp3) is 0.300. The van der Waals surface area contributed by atoms with E-state index >= 15 is 0 Å². The molecule has 0 radical (unpaired) electrons. The molecule has 0 aliphatic carbocycles. The molecule has 2 amide bonds. The monoisotopic (exact) mass is 257 g/mol. The molecular weight excluding hydrogens is 242 g/mol. The third-order valence-electron chi connectivity index (χ3n) is 1.89.